The summed E-state index contributed by atoms with van der Waals surface area (Å²) in [5, 5.41) is 2.73. The van der Waals surface area contributed by atoms with Crippen molar-refractivity contribution in [2.45, 2.75) is 6.92 Å². The number of nitrogens with one attached hydrogen (secondary N) is 1. The van der Waals surface area contributed by atoms with Crippen LogP contribution in [0.1, 0.15) is 18.2 Å². The van der Waals surface area contributed by atoms with Crippen molar-refractivity contribution < 1.29 is 9.53 Å². The zero-order valence-electron chi connectivity index (χ0n) is 17.3. The Morgan fingerprint density at radius 2 is 1.74 bits per heavy atom. The zero-order valence-corrected chi connectivity index (χ0v) is 17.3. The maximum absolute atomic E-state index is 13.5. The summed E-state index contributed by atoms with van der Waals surface area (Å²) in [6, 6.07) is 20.0. The van der Waals surface area contributed by atoms with Crippen molar-refractivity contribution in [1.82, 2.24) is 9.38 Å². The Bertz CT molecular complexity index is 1350. The average Bonchev–Trinajstić information content (AvgIpc) is 2.79. The molecule has 0 bridgehead atoms. The Kier molecular flexibility index (Phi) is 5.37. The van der Waals surface area contributed by atoms with Gasteiger partial charge in [-0.2, -0.15) is 0 Å². The van der Waals surface area contributed by atoms with Gasteiger partial charge in [0.1, 0.15) is 11.4 Å². The Morgan fingerprint density at radius 1 is 1.03 bits per heavy atom. The lowest BCUT2D eigenvalue weighted by molar-refractivity contribution is -0.114. The summed E-state index contributed by atoms with van der Waals surface area (Å²) >= 11 is 0. The lowest BCUT2D eigenvalue weighted by atomic mass is 9.96. The SMILES string of the molecule is C=C(c1ccccc1OC)c1nc2ccccn2c(=O)c1-c1ccc(NC(C)=O)cc1. The summed E-state index contributed by atoms with van der Waals surface area (Å²) in [7, 11) is 1.59. The van der Waals surface area contributed by atoms with Gasteiger partial charge in [-0.05, 0) is 35.9 Å². The molecule has 154 valence electrons. The summed E-state index contributed by atoms with van der Waals surface area (Å²) in [5.41, 5.74) is 3.89. The summed E-state index contributed by atoms with van der Waals surface area (Å²) in [6.07, 6.45) is 1.69. The number of pyridine rings is 1. The number of methoxy groups -OCH3 is 1. The van der Waals surface area contributed by atoms with Crippen LogP contribution in [0.25, 0.3) is 22.3 Å². The second kappa shape index (κ2) is 8.28. The molecular formula is C25H21N3O3. The molecule has 0 spiro atoms. The van der Waals surface area contributed by atoms with Crippen molar-refractivity contribution in [3.05, 3.63) is 101 Å². The van der Waals surface area contributed by atoms with E-state index >= 15 is 0 Å². The highest BCUT2D eigenvalue weighted by Crippen LogP contribution is 2.33. The smallest absolute Gasteiger partial charge is 0.266 e. The van der Waals surface area contributed by atoms with Gasteiger partial charge in [0.15, 0.2) is 0 Å². The lowest BCUT2D eigenvalue weighted by Gasteiger charge is -2.15. The molecule has 6 heteroatoms. The molecule has 0 saturated carbocycles. The third-order valence-electron chi connectivity index (χ3n) is 4.95. The number of nitrogens with zero attached hydrogens (tertiary/aromatic N) is 2. The van der Waals surface area contributed by atoms with E-state index in [0.29, 0.717) is 39.5 Å². The van der Waals surface area contributed by atoms with E-state index in [1.54, 1.807) is 49.7 Å². The van der Waals surface area contributed by atoms with Gasteiger partial charge < -0.3 is 10.1 Å². The zero-order chi connectivity index (χ0) is 22.0. The van der Waals surface area contributed by atoms with Gasteiger partial charge in [-0.25, -0.2) is 4.98 Å². The topological polar surface area (TPSA) is 72.7 Å². The summed E-state index contributed by atoms with van der Waals surface area (Å²) < 4.78 is 7.00. The predicted octanol–water partition coefficient (Wildman–Crippen LogP) is 4.39. The number of hydrogen-bond donors (Lipinski definition) is 1. The number of fused-ring (bicyclic) bond motifs is 1. The quantitative estimate of drug-likeness (QED) is 0.529. The van der Waals surface area contributed by atoms with Crippen molar-refractivity contribution >= 4 is 22.8 Å². The first-order valence-corrected chi connectivity index (χ1v) is 9.71. The molecule has 2 heterocycles. The highest BCUT2D eigenvalue weighted by Gasteiger charge is 2.20. The van der Waals surface area contributed by atoms with E-state index in [2.05, 4.69) is 11.9 Å². The fraction of sp³-hybridized carbons (Fsp3) is 0.0800. The number of ether oxygens (including phenoxy) is 1. The first kappa shape index (κ1) is 20.1. The molecule has 31 heavy (non-hydrogen) atoms. The summed E-state index contributed by atoms with van der Waals surface area (Å²) in [4.78, 5) is 29.6. The first-order valence-electron chi connectivity index (χ1n) is 9.71. The lowest BCUT2D eigenvalue weighted by Crippen LogP contribution is -2.19. The van der Waals surface area contributed by atoms with Gasteiger partial charge in [0, 0.05) is 29.9 Å². The number of rotatable bonds is 5. The van der Waals surface area contributed by atoms with E-state index < -0.39 is 0 Å². The second-order valence-electron chi connectivity index (χ2n) is 7.01. The van der Waals surface area contributed by atoms with Crippen molar-refractivity contribution in [2.24, 2.45) is 0 Å². The van der Waals surface area contributed by atoms with Gasteiger partial charge in [-0.1, -0.05) is 43.0 Å². The Balaban J connectivity index is 1.95. The fourth-order valence-electron chi connectivity index (χ4n) is 3.51. The number of anilines is 1. The Morgan fingerprint density at radius 3 is 2.45 bits per heavy atom. The Labute approximate surface area is 179 Å². The molecular weight excluding hydrogens is 390 g/mol. The first-order chi connectivity index (χ1) is 15.0. The van der Waals surface area contributed by atoms with E-state index in [0.717, 1.165) is 5.56 Å². The van der Waals surface area contributed by atoms with Crippen LogP contribution in [0.5, 0.6) is 5.75 Å². The maximum atomic E-state index is 13.5. The molecule has 4 rings (SSSR count). The molecule has 0 aliphatic heterocycles. The maximum Gasteiger partial charge on any atom is 0.266 e. The molecule has 1 N–H and O–H groups in total. The molecule has 2 aromatic carbocycles. The fourth-order valence-corrected chi connectivity index (χ4v) is 3.51. The number of para-hydroxylation sites is 1. The minimum absolute atomic E-state index is 0.162. The van der Waals surface area contributed by atoms with Gasteiger partial charge in [-0.15, -0.1) is 0 Å². The van der Waals surface area contributed by atoms with Crippen molar-refractivity contribution in [2.75, 3.05) is 12.4 Å². The Hall–Kier alpha value is -4.19. The number of benzene rings is 2. The summed E-state index contributed by atoms with van der Waals surface area (Å²) in [6.45, 7) is 5.69. The number of hydrogen-bond acceptors (Lipinski definition) is 4. The molecule has 6 nitrogen and oxygen atoms in total. The van der Waals surface area contributed by atoms with E-state index in [-0.39, 0.29) is 11.5 Å². The molecule has 0 aliphatic carbocycles. The van der Waals surface area contributed by atoms with Gasteiger partial charge in [0.05, 0.1) is 18.4 Å². The molecule has 4 aromatic rings. The highest BCUT2D eigenvalue weighted by atomic mass is 16.5. The van der Waals surface area contributed by atoms with Crippen molar-refractivity contribution in [3.63, 3.8) is 0 Å². The van der Waals surface area contributed by atoms with Crippen LogP contribution in [0, 0.1) is 0 Å². The monoisotopic (exact) mass is 411 g/mol. The van der Waals surface area contributed by atoms with E-state index in [4.69, 9.17) is 9.72 Å². The van der Waals surface area contributed by atoms with Crippen molar-refractivity contribution in [3.8, 4) is 16.9 Å². The van der Waals surface area contributed by atoms with Crippen LogP contribution in [0.15, 0.2) is 84.3 Å². The number of carbonyl (C=O) groups is 1. The van der Waals surface area contributed by atoms with Crippen LogP contribution >= 0.6 is 0 Å². The third-order valence-corrected chi connectivity index (χ3v) is 4.95. The molecule has 0 saturated heterocycles. The highest BCUT2D eigenvalue weighted by molar-refractivity contribution is 5.90. The average molecular weight is 411 g/mol. The number of amides is 1. The van der Waals surface area contributed by atoms with Crippen LogP contribution in [-0.4, -0.2) is 22.4 Å². The minimum Gasteiger partial charge on any atom is -0.496 e. The van der Waals surface area contributed by atoms with Gasteiger partial charge in [0.25, 0.3) is 5.56 Å². The second-order valence-corrected chi connectivity index (χ2v) is 7.01. The van der Waals surface area contributed by atoms with Gasteiger partial charge in [-0.3, -0.25) is 14.0 Å². The minimum atomic E-state index is -0.205. The van der Waals surface area contributed by atoms with E-state index in [9.17, 15) is 9.59 Å². The standard InChI is InChI=1S/C25H21N3O3/c1-16(20-8-4-5-9-21(20)31-3)24-23(18-11-13-19(14-12-18)26-17(2)29)25(30)28-15-7-6-10-22(28)27-24/h4-15H,1H2,2-3H3,(H,26,29). The van der Waals surface area contributed by atoms with Gasteiger partial charge in [0.2, 0.25) is 5.91 Å². The largest absolute Gasteiger partial charge is 0.496 e. The summed E-state index contributed by atoms with van der Waals surface area (Å²) in [5.74, 6) is 0.486. The molecule has 2 aromatic heterocycles. The van der Waals surface area contributed by atoms with Crippen LogP contribution < -0.4 is 15.6 Å². The molecule has 0 atom stereocenters. The van der Waals surface area contributed by atoms with E-state index in [1.807, 2.05) is 30.3 Å². The van der Waals surface area contributed by atoms with Gasteiger partial charge >= 0.3 is 0 Å². The predicted molar refractivity (Wildman–Crippen MR) is 122 cm³/mol. The molecule has 0 unspecified atom stereocenters. The van der Waals surface area contributed by atoms with Crippen LogP contribution in [-0.2, 0) is 4.79 Å². The third kappa shape index (κ3) is 3.83. The van der Waals surface area contributed by atoms with Crippen LogP contribution in [0.3, 0.4) is 0 Å². The number of aromatic nitrogens is 2. The molecule has 0 fully saturated rings. The van der Waals surface area contributed by atoms with Crippen LogP contribution in [0.4, 0.5) is 5.69 Å². The molecule has 0 aliphatic rings. The van der Waals surface area contributed by atoms with Crippen molar-refractivity contribution in [1.29, 1.82) is 0 Å². The van der Waals surface area contributed by atoms with Crippen LogP contribution in [0.2, 0.25) is 0 Å². The number of carbonyl (C=O) groups excluding carboxylic acids is 1. The molecule has 0 radical (unpaired) electrons. The van der Waals surface area contributed by atoms with E-state index in [1.165, 1.54) is 11.3 Å². The molecule has 1 amide bonds. The normalized spacial score (nSPS) is 10.6.